The molecule has 3 aromatic rings. The third-order valence-corrected chi connectivity index (χ3v) is 5.73. The second-order valence-electron chi connectivity index (χ2n) is 8.01. The van der Waals surface area contributed by atoms with Crippen LogP contribution in [0.1, 0.15) is 22.8 Å². The van der Waals surface area contributed by atoms with E-state index in [1.165, 1.54) is 0 Å². The molecule has 6 heteroatoms. The van der Waals surface area contributed by atoms with E-state index in [2.05, 4.69) is 10.2 Å². The highest BCUT2D eigenvalue weighted by Crippen LogP contribution is 2.21. The number of hydrogen-bond acceptors (Lipinski definition) is 4. The van der Waals surface area contributed by atoms with E-state index in [-0.39, 0.29) is 11.8 Å². The topological polar surface area (TPSA) is 61.9 Å². The monoisotopic (exact) mass is 455 g/mol. The van der Waals surface area contributed by atoms with Gasteiger partial charge in [0.2, 0.25) is 5.91 Å². The maximum Gasteiger partial charge on any atom is 0.255 e. The molecule has 0 radical (unpaired) electrons. The number of ether oxygens (including phenoxy) is 1. The number of carbonyl (C=O) groups is 2. The van der Waals surface area contributed by atoms with Crippen molar-refractivity contribution in [3.05, 3.63) is 96.1 Å². The third-order valence-electron chi connectivity index (χ3n) is 5.73. The molecule has 4 rings (SSSR count). The largest absolute Gasteiger partial charge is 0.494 e. The zero-order valence-corrected chi connectivity index (χ0v) is 19.3. The molecule has 1 saturated heterocycles. The van der Waals surface area contributed by atoms with Gasteiger partial charge in [0.15, 0.2) is 0 Å². The fraction of sp³-hybridized carbons (Fsp3) is 0.214. The molecule has 174 valence electrons. The Kier molecular flexibility index (Phi) is 7.60. The van der Waals surface area contributed by atoms with Crippen LogP contribution in [0.4, 0.5) is 11.4 Å². The van der Waals surface area contributed by atoms with Crippen molar-refractivity contribution in [3.8, 4) is 5.75 Å². The van der Waals surface area contributed by atoms with Crippen LogP contribution in [-0.4, -0.2) is 49.5 Å². The van der Waals surface area contributed by atoms with E-state index in [4.69, 9.17) is 4.74 Å². The van der Waals surface area contributed by atoms with Gasteiger partial charge in [0.05, 0.1) is 6.61 Å². The molecule has 1 aliphatic heterocycles. The normalized spacial score (nSPS) is 13.7. The van der Waals surface area contributed by atoms with E-state index >= 15 is 0 Å². The lowest BCUT2D eigenvalue weighted by Gasteiger charge is -2.35. The van der Waals surface area contributed by atoms with Gasteiger partial charge in [-0.25, -0.2) is 0 Å². The number of benzene rings is 3. The average Bonchev–Trinajstić information content (AvgIpc) is 2.89. The number of amides is 2. The molecule has 0 aliphatic carbocycles. The maximum absolute atomic E-state index is 12.5. The van der Waals surface area contributed by atoms with E-state index in [9.17, 15) is 9.59 Å². The number of hydrogen-bond donors (Lipinski definition) is 1. The molecular weight excluding hydrogens is 426 g/mol. The van der Waals surface area contributed by atoms with Crippen molar-refractivity contribution in [1.82, 2.24) is 4.90 Å². The zero-order chi connectivity index (χ0) is 23.8. The first-order chi connectivity index (χ1) is 16.6. The molecule has 3 aromatic carbocycles. The summed E-state index contributed by atoms with van der Waals surface area (Å²) in [7, 11) is 0. The SMILES string of the molecule is CCOc1ccc(C(=O)Nc2ccc(N3CCN(C(=O)C=Cc4ccccc4)CC3)cc2)cc1. The van der Waals surface area contributed by atoms with Crippen LogP contribution in [-0.2, 0) is 4.79 Å². The number of anilines is 2. The summed E-state index contributed by atoms with van der Waals surface area (Å²) < 4.78 is 5.42. The standard InChI is InChI=1S/C28H29N3O3/c1-2-34-26-15-9-23(10-16-26)28(33)29-24-11-13-25(14-12-24)30-18-20-31(21-19-30)27(32)17-8-22-6-4-3-5-7-22/h3-17H,2,18-21H2,1H3,(H,29,33). The Labute approximate surface area is 200 Å². The lowest BCUT2D eigenvalue weighted by Crippen LogP contribution is -2.48. The fourth-order valence-electron chi connectivity index (χ4n) is 3.85. The minimum atomic E-state index is -0.161. The number of piperazine rings is 1. The van der Waals surface area contributed by atoms with Gasteiger partial charge in [-0.15, -0.1) is 0 Å². The number of nitrogens with zero attached hydrogens (tertiary/aromatic N) is 2. The van der Waals surface area contributed by atoms with Gasteiger partial charge in [0.1, 0.15) is 5.75 Å². The van der Waals surface area contributed by atoms with Gasteiger partial charge in [-0.2, -0.15) is 0 Å². The molecule has 0 spiro atoms. The van der Waals surface area contributed by atoms with Crippen molar-refractivity contribution in [2.45, 2.75) is 6.92 Å². The highest BCUT2D eigenvalue weighted by atomic mass is 16.5. The van der Waals surface area contributed by atoms with Crippen molar-refractivity contribution in [2.75, 3.05) is 43.0 Å². The Morgan fingerprint density at radius 1 is 0.882 bits per heavy atom. The summed E-state index contributed by atoms with van der Waals surface area (Å²) in [5.41, 5.74) is 3.41. The first-order valence-electron chi connectivity index (χ1n) is 11.5. The average molecular weight is 456 g/mol. The first kappa shape index (κ1) is 23.1. The van der Waals surface area contributed by atoms with E-state index in [1.807, 2.05) is 72.5 Å². The molecule has 1 N–H and O–H groups in total. The predicted molar refractivity (Wildman–Crippen MR) is 136 cm³/mol. The van der Waals surface area contributed by atoms with Crippen LogP contribution in [0.3, 0.4) is 0 Å². The van der Waals surface area contributed by atoms with Crippen LogP contribution in [0.25, 0.3) is 6.08 Å². The third kappa shape index (κ3) is 6.04. The van der Waals surface area contributed by atoms with Gasteiger partial charge in [-0.3, -0.25) is 9.59 Å². The van der Waals surface area contributed by atoms with Crippen LogP contribution in [0.15, 0.2) is 84.9 Å². The van der Waals surface area contributed by atoms with Crippen molar-refractivity contribution < 1.29 is 14.3 Å². The van der Waals surface area contributed by atoms with E-state index < -0.39 is 0 Å². The molecule has 0 saturated carbocycles. The molecule has 0 atom stereocenters. The summed E-state index contributed by atoms with van der Waals surface area (Å²) >= 11 is 0. The van der Waals surface area contributed by atoms with Gasteiger partial charge < -0.3 is 19.9 Å². The molecule has 0 aromatic heterocycles. The Balaban J connectivity index is 1.27. The van der Waals surface area contributed by atoms with Gasteiger partial charge in [-0.1, -0.05) is 30.3 Å². The molecule has 1 fully saturated rings. The molecule has 1 heterocycles. The smallest absolute Gasteiger partial charge is 0.255 e. The van der Waals surface area contributed by atoms with Crippen molar-refractivity contribution in [3.63, 3.8) is 0 Å². The van der Waals surface area contributed by atoms with Gasteiger partial charge in [0.25, 0.3) is 5.91 Å². The first-order valence-corrected chi connectivity index (χ1v) is 11.5. The second kappa shape index (κ2) is 11.2. The number of carbonyl (C=O) groups excluding carboxylic acids is 2. The van der Waals surface area contributed by atoms with E-state index in [1.54, 1.807) is 30.3 Å². The van der Waals surface area contributed by atoms with Crippen LogP contribution in [0, 0.1) is 0 Å². The summed E-state index contributed by atoms with van der Waals surface area (Å²) in [6.07, 6.45) is 3.50. The van der Waals surface area contributed by atoms with Crippen molar-refractivity contribution >= 4 is 29.3 Å². The second-order valence-corrected chi connectivity index (χ2v) is 8.01. The maximum atomic E-state index is 12.5. The molecule has 1 aliphatic rings. The minimum absolute atomic E-state index is 0.0378. The zero-order valence-electron chi connectivity index (χ0n) is 19.3. The van der Waals surface area contributed by atoms with Crippen molar-refractivity contribution in [1.29, 1.82) is 0 Å². The van der Waals surface area contributed by atoms with E-state index in [0.29, 0.717) is 25.3 Å². The van der Waals surface area contributed by atoms with Gasteiger partial charge >= 0.3 is 0 Å². The summed E-state index contributed by atoms with van der Waals surface area (Å²) in [6.45, 7) is 5.40. The Morgan fingerprint density at radius 2 is 1.56 bits per heavy atom. The Hall–Kier alpha value is -4.06. The lowest BCUT2D eigenvalue weighted by molar-refractivity contribution is -0.126. The minimum Gasteiger partial charge on any atom is -0.494 e. The fourth-order valence-corrected chi connectivity index (χ4v) is 3.85. The van der Waals surface area contributed by atoms with Crippen LogP contribution >= 0.6 is 0 Å². The summed E-state index contributed by atoms with van der Waals surface area (Å²) in [5, 5.41) is 2.93. The summed E-state index contributed by atoms with van der Waals surface area (Å²) in [6, 6.07) is 24.7. The summed E-state index contributed by atoms with van der Waals surface area (Å²) in [4.78, 5) is 29.1. The highest BCUT2D eigenvalue weighted by Gasteiger charge is 2.20. The molecule has 2 amide bonds. The highest BCUT2D eigenvalue weighted by molar-refractivity contribution is 6.04. The van der Waals surface area contributed by atoms with Crippen LogP contribution < -0.4 is 15.0 Å². The van der Waals surface area contributed by atoms with Gasteiger partial charge in [0, 0.05) is 49.2 Å². The molecular formula is C28H29N3O3. The van der Waals surface area contributed by atoms with Crippen LogP contribution in [0.5, 0.6) is 5.75 Å². The quantitative estimate of drug-likeness (QED) is 0.525. The lowest BCUT2D eigenvalue weighted by atomic mass is 10.2. The molecule has 34 heavy (non-hydrogen) atoms. The van der Waals surface area contributed by atoms with Gasteiger partial charge in [-0.05, 0) is 67.1 Å². The molecule has 6 nitrogen and oxygen atoms in total. The number of rotatable bonds is 7. The Bertz CT molecular complexity index is 1120. The Morgan fingerprint density at radius 3 is 2.21 bits per heavy atom. The number of nitrogens with one attached hydrogen (secondary N) is 1. The predicted octanol–water partition coefficient (Wildman–Crippen LogP) is 4.70. The summed E-state index contributed by atoms with van der Waals surface area (Å²) in [5.74, 6) is 0.625. The van der Waals surface area contributed by atoms with E-state index in [0.717, 1.165) is 35.8 Å². The molecule has 0 bridgehead atoms. The van der Waals surface area contributed by atoms with Crippen LogP contribution in [0.2, 0.25) is 0 Å². The molecule has 0 unspecified atom stereocenters. The van der Waals surface area contributed by atoms with Crippen molar-refractivity contribution in [2.24, 2.45) is 0 Å².